The molecule has 2 aliphatic rings. The van der Waals surface area contributed by atoms with E-state index in [9.17, 15) is 28.8 Å². The van der Waals surface area contributed by atoms with Crippen LogP contribution in [0.2, 0.25) is 0 Å². The predicted octanol–water partition coefficient (Wildman–Crippen LogP) is 8.43. The Balaban J connectivity index is 1.08. The molecule has 2 saturated heterocycles. The highest BCUT2D eigenvalue weighted by Gasteiger charge is 2.43. The summed E-state index contributed by atoms with van der Waals surface area (Å²) in [5, 5.41) is 5.95. The van der Waals surface area contributed by atoms with Gasteiger partial charge in [0.25, 0.3) is 11.8 Å². The van der Waals surface area contributed by atoms with Crippen LogP contribution in [0.25, 0.3) is 11.1 Å². The Hall–Kier alpha value is -6.70. The van der Waals surface area contributed by atoms with Gasteiger partial charge in [-0.25, -0.2) is 9.59 Å². The van der Waals surface area contributed by atoms with E-state index >= 15 is 0 Å². The molecule has 0 spiro atoms. The zero-order chi connectivity index (χ0) is 46.3. The van der Waals surface area contributed by atoms with Gasteiger partial charge < -0.3 is 29.9 Å². The summed E-state index contributed by atoms with van der Waals surface area (Å²) in [7, 11) is 3.07. The minimum Gasteiger partial charge on any atom is -0.444 e. The van der Waals surface area contributed by atoms with Crippen molar-refractivity contribution in [2.45, 2.75) is 103 Å². The van der Waals surface area contributed by atoms with E-state index in [-0.39, 0.29) is 23.6 Å². The lowest BCUT2D eigenvalue weighted by atomic mass is 10.0. The molecule has 6 amide bonds. The maximum atomic E-state index is 14.2. The second-order valence-corrected chi connectivity index (χ2v) is 18.3. The van der Waals surface area contributed by atoms with Crippen molar-refractivity contribution >= 4 is 47.2 Å². The molecule has 4 aromatic rings. The van der Waals surface area contributed by atoms with Crippen LogP contribution in [0.5, 0.6) is 0 Å². The molecule has 0 bridgehead atoms. The Labute approximate surface area is 375 Å². The summed E-state index contributed by atoms with van der Waals surface area (Å²) < 4.78 is 11.2. The quantitative estimate of drug-likeness (QED) is 0.152. The first kappa shape index (κ1) is 46.8. The Morgan fingerprint density at radius 3 is 1.17 bits per heavy atom. The van der Waals surface area contributed by atoms with Crippen molar-refractivity contribution in [1.82, 2.24) is 19.6 Å². The molecule has 338 valence electrons. The summed E-state index contributed by atoms with van der Waals surface area (Å²) in [5.41, 5.74) is 2.58. The van der Waals surface area contributed by atoms with Crippen molar-refractivity contribution in [3.8, 4) is 11.1 Å². The van der Waals surface area contributed by atoms with E-state index < -0.39 is 47.6 Å². The maximum absolute atomic E-state index is 14.2. The molecular weight excluding hydrogens is 813 g/mol. The molecule has 0 radical (unpaired) electrons. The van der Waals surface area contributed by atoms with Gasteiger partial charge in [-0.3, -0.25) is 29.0 Å². The Morgan fingerprint density at radius 1 is 0.531 bits per heavy atom. The molecule has 0 aromatic heterocycles. The van der Waals surface area contributed by atoms with Gasteiger partial charge in [-0.2, -0.15) is 0 Å². The number of anilines is 2. The van der Waals surface area contributed by atoms with E-state index in [1.165, 1.54) is 23.9 Å². The van der Waals surface area contributed by atoms with Gasteiger partial charge in [-0.1, -0.05) is 84.9 Å². The van der Waals surface area contributed by atoms with E-state index in [1.54, 1.807) is 124 Å². The van der Waals surface area contributed by atoms with Crippen LogP contribution < -0.4 is 10.6 Å². The van der Waals surface area contributed by atoms with Gasteiger partial charge in [0.15, 0.2) is 0 Å². The third kappa shape index (κ3) is 11.5. The number of rotatable bonds is 11. The minimum atomic E-state index is -0.984. The predicted molar refractivity (Wildman–Crippen MR) is 245 cm³/mol. The molecule has 2 fully saturated rings. The van der Waals surface area contributed by atoms with Crippen molar-refractivity contribution in [2.75, 3.05) is 37.8 Å². The summed E-state index contributed by atoms with van der Waals surface area (Å²) in [6, 6.07) is 29.3. The van der Waals surface area contributed by atoms with Crippen LogP contribution in [0.15, 0.2) is 109 Å². The van der Waals surface area contributed by atoms with Crippen LogP contribution in [-0.2, 0) is 28.7 Å². The first-order valence-electron chi connectivity index (χ1n) is 21.8. The average molecular weight is 873 g/mol. The molecule has 2 heterocycles. The number of nitrogens with one attached hydrogen (secondary N) is 2. The van der Waals surface area contributed by atoms with Gasteiger partial charge in [-0.05, 0) is 114 Å². The Kier molecular flexibility index (Phi) is 14.5. The average Bonchev–Trinajstić information content (AvgIpc) is 3.96. The molecule has 0 aliphatic carbocycles. The molecule has 2 N–H and O–H groups in total. The summed E-state index contributed by atoms with van der Waals surface area (Å²) in [5.74, 6) is -1.36. The van der Waals surface area contributed by atoms with Crippen LogP contribution >= 0.6 is 0 Å². The van der Waals surface area contributed by atoms with Crippen molar-refractivity contribution in [3.63, 3.8) is 0 Å². The van der Waals surface area contributed by atoms with Crippen LogP contribution in [0.3, 0.4) is 0 Å². The highest BCUT2D eigenvalue weighted by atomic mass is 16.6. The number of amides is 6. The highest BCUT2D eigenvalue weighted by molar-refractivity contribution is 6.00. The SMILES string of the molecule is CN(C(=O)OC(C)(C)C)[C@@H](C(=O)N1CCC[C@H]1C(=O)Nc1ccc(-c2ccc(NC(=O)[C@@H]3CCCN3C(=O)[C@@H](c3ccccc3)N(C)C(=O)OC(C)(C)C)cc2)cc1)c1ccccc1. The van der Waals surface area contributed by atoms with E-state index in [0.717, 1.165) is 11.1 Å². The van der Waals surface area contributed by atoms with E-state index in [1.807, 2.05) is 36.4 Å². The normalized spacial score (nSPS) is 17.2. The molecular formula is C50H60N6O8. The topological polar surface area (TPSA) is 158 Å². The van der Waals surface area contributed by atoms with Crippen molar-refractivity contribution in [1.29, 1.82) is 0 Å². The van der Waals surface area contributed by atoms with Gasteiger partial charge in [0.05, 0.1) is 0 Å². The number of ether oxygens (including phenoxy) is 2. The molecule has 6 rings (SSSR count). The lowest BCUT2D eigenvalue weighted by Gasteiger charge is -2.34. The number of benzene rings is 4. The lowest BCUT2D eigenvalue weighted by molar-refractivity contribution is -0.141. The molecule has 14 heteroatoms. The van der Waals surface area contributed by atoms with Crippen molar-refractivity contribution in [2.24, 2.45) is 0 Å². The number of nitrogens with zero attached hydrogens (tertiary/aromatic N) is 4. The number of carbonyl (C=O) groups excluding carboxylic acids is 6. The highest BCUT2D eigenvalue weighted by Crippen LogP contribution is 2.32. The van der Waals surface area contributed by atoms with Gasteiger partial charge in [0.2, 0.25) is 11.8 Å². The smallest absolute Gasteiger partial charge is 0.410 e. The standard InChI is InChI=1S/C50H60N6O8/c1-49(2,3)63-47(61)53(7)41(35-17-11-9-12-18-35)45(59)55-31-15-21-39(55)43(57)51-37-27-23-33(24-28-37)34-25-29-38(30-26-34)52-44(58)40-22-16-32-56(40)46(60)42(36-19-13-10-14-20-36)54(8)48(62)64-50(4,5)6/h9-14,17-20,23-30,39-42H,15-16,21-22,31-32H2,1-8H3,(H,51,57)(H,52,58)/t39-,40-,41+,42+/m0/s1. The fraction of sp³-hybridized carbons (Fsp3) is 0.400. The van der Waals surface area contributed by atoms with Crippen molar-refractivity contribution in [3.05, 3.63) is 120 Å². The second kappa shape index (κ2) is 19.8. The molecule has 0 unspecified atom stereocenters. The zero-order valence-electron chi connectivity index (χ0n) is 38.0. The second-order valence-electron chi connectivity index (χ2n) is 18.3. The fourth-order valence-electron chi connectivity index (χ4n) is 8.08. The minimum absolute atomic E-state index is 0.321. The van der Waals surface area contributed by atoms with Crippen LogP contribution in [-0.4, -0.2) is 106 Å². The number of likely N-dealkylation sites (tertiary alicyclic amines) is 2. The van der Waals surface area contributed by atoms with E-state index in [0.29, 0.717) is 61.3 Å². The Morgan fingerprint density at radius 2 is 0.859 bits per heavy atom. The fourth-order valence-corrected chi connectivity index (χ4v) is 8.08. The molecule has 14 nitrogen and oxygen atoms in total. The third-order valence-electron chi connectivity index (χ3n) is 11.2. The number of hydrogen-bond donors (Lipinski definition) is 2. The summed E-state index contributed by atoms with van der Waals surface area (Å²) in [6.45, 7) is 11.3. The monoisotopic (exact) mass is 872 g/mol. The number of likely N-dealkylation sites (N-methyl/N-ethyl adjacent to an activating group) is 2. The van der Waals surface area contributed by atoms with Crippen LogP contribution in [0, 0.1) is 0 Å². The Bertz CT molecular complexity index is 2130. The van der Waals surface area contributed by atoms with Gasteiger partial charge in [-0.15, -0.1) is 0 Å². The first-order valence-corrected chi connectivity index (χ1v) is 21.8. The lowest BCUT2D eigenvalue weighted by Crippen LogP contribution is -2.49. The molecule has 2 aliphatic heterocycles. The van der Waals surface area contributed by atoms with Gasteiger partial charge in [0.1, 0.15) is 35.4 Å². The number of hydrogen-bond acceptors (Lipinski definition) is 8. The van der Waals surface area contributed by atoms with Gasteiger partial charge >= 0.3 is 12.2 Å². The van der Waals surface area contributed by atoms with E-state index in [4.69, 9.17) is 9.47 Å². The maximum Gasteiger partial charge on any atom is 0.410 e. The molecule has 4 aromatic carbocycles. The summed E-state index contributed by atoms with van der Waals surface area (Å²) in [6.07, 6.45) is 0.944. The number of carbonyl (C=O) groups is 6. The molecule has 0 saturated carbocycles. The van der Waals surface area contributed by atoms with Gasteiger partial charge in [0, 0.05) is 38.6 Å². The summed E-state index contributed by atoms with van der Waals surface area (Å²) in [4.78, 5) is 87.9. The van der Waals surface area contributed by atoms with Crippen molar-refractivity contribution < 1.29 is 38.2 Å². The summed E-state index contributed by atoms with van der Waals surface area (Å²) >= 11 is 0. The third-order valence-corrected chi connectivity index (χ3v) is 11.2. The molecule has 64 heavy (non-hydrogen) atoms. The van der Waals surface area contributed by atoms with Crippen LogP contribution in [0.4, 0.5) is 21.0 Å². The zero-order valence-corrected chi connectivity index (χ0v) is 38.0. The van der Waals surface area contributed by atoms with E-state index in [2.05, 4.69) is 10.6 Å². The largest absolute Gasteiger partial charge is 0.444 e. The molecule has 4 atom stereocenters. The first-order chi connectivity index (χ1) is 30.3. The van der Waals surface area contributed by atoms with Crippen LogP contribution in [0.1, 0.15) is 90.4 Å².